The number of thioether (sulfide) groups is 1. The summed E-state index contributed by atoms with van der Waals surface area (Å²) in [5.74, 6) is -0.795. The molecule has 31 heavy (non-hydrogen) atoms. The number of amides is 1. The fourth-order valence-corrected chi connectivity index (χ4v) is 3.70. The van der Waals surface area contributed by atoms with Gasteiger partial charge in [-0.15, -0.1) is 11.8 Å². The lowest BCUT2D eigenvalue weighted by molar-refractivity contribution is -0.152. The second-order valence-electron chi connectivity index (χ2n) is 7.05. The van der Waals surface area contributed by atoms with Gasteiger partial charge in [0, 0.05) is 29.9 Å². The number of nitrogens with one attached hydrogen (secondary N) is 1. The second-order valence-corrected chi connectivity index (χ2v) is 7.93. The molecule has 1 aromatic heterocycles. The number of piperidine rings is 1. The predicted molar refractivity (Wildman–Crippen MR) is 112 cm³/mol. The van der Waals surface area contributed by atoms with Gasteiger partial charge in [0.2, 0.25) is 0 Å². The lowest BCUT2D eigenvalue weighted by Gasteiger charge is -2.31. The van der Waals surface area contributed by atoms with E-state index in [0.717, 1.165) is 17.2 Å². The quantitative estimate of drug-likeness (QED) is 0.522. The number of hydrogen-bond donors (Lipinski definition) is 1. The Morgan fingerprint density at radius 2 is 1.97 bits per heavy atom. The summed E-state index contributed by atoms with van der Waals surface area (Å²) in [5, 5.41) is 2.69. The Morgan fingerprint density at radius 1 is 1.23 bits per heavy atom. The largest absolute Gasteiger partial charge is 0.455 e. The molecule has 1 saturated heterocycles. The van der Waals surface area contributed by atoms with Crippen LogP contribution < -0.4 is 10.2 Å². The van der Waals surface area contributed by atoms with E-state index < -0.39 is 23.6 Å². The van der Waals surface area contributed by atoms with Crippen LogP contribution in [0.25, 0.3) is 0 Å². The molecule has 1 aliphatic rings. The SMILES string of the molecule is CSc1cccc(NC(=O)COC(=O)C2CCN(c3ccc(C(F)(F)F)cn3)CC2)c1. The highest BCUT2D eigenvalue weighted by atomic mass is 32.2. The lowest BCUT2D eigenvalue weighted by atomic mass is 9.97. The van der Waals surface area contributed by atoms with Gasteiger partial charge in [0.25, 0.3) is 5.91 Å². The van der Waals surface area contributed by atoms with E-state index in [1.165, 1.54) is 6.07 Å². The molecule has 2 heterocycles. The van der Waals surface area contributed by atoms with E-state index in [2.05, 4.69) is 10.3 Å². The number of halogens is 3. The van der Waals surface area contributed by atoms with Crippen LogP contribution >= 0.6 is 11.8 Å². The van der Waals surface area contributed by atoms with Gasteiger partial charge < -0.3 is 15.0 Å². The molecule has 0 bridgehead atoms. The average Bonchev–Trinajstić information content (AvgIpc) is 2.77. The number of ether oxygens (including phenoxy) is 1. The molecule has 0 saturated carbocycles. The first-order chi connectivity index (χ1) is 14.8. The van der Waals surface area contributed by atoms with Gasteiger partial charge in [0.05, 0.1) is 11.5 Å². The summed E-state index contributed by atoms with van der Waals surface area (Å²) in [6.45, 7) is 0.556. The lowest BCUT2D eigenvalue weighted by Crippen LogP contribution is -2.38. The summed E-state index contributed by atoms with van der Waals surface area (Å²) < 4.78 is 43.1. The third-order valence-corrected chi connectivity index (χ3v) is 5.65. The third kappa shape index (κ3) is 6.36. The average molecular weight is 453 g/mol. The molecule has 0 radical (unpaired) electrons. The van der Waals surface area contributed by atoms with Crippen LogP contribution in [0.2, 0.25) is 0 Å². The van der Waals surface area contributed by atoms with Crippen molar-refractivity contribution in [2.24, 2.45) is 5.92 Å². The van der Waals surface area contributed by atoms with Crippen molar-refractivity contribution in [2.45, 2.75) is 23.9 Å². The maximum absolute atomic E-state index is 12.7. The first kappa shape index (κ1) is 22.9. The zero-order chi connectivity index (χ0) is 22.4. The van der Waals surface area contributed by atoms with Crippen molar-refractivity contribution in [3.05, 3.63) is 48.2 Å². The molecule has 1 fully saturated rings. The molecular formula is C21H22F3N3O3S. The molecule has 1 N–H and O–H groups in total. The van der Waals surface area contributed by atoms with Gasteiger partial charge in [-0.05, 0) is 49.4 Å². The highest BCUT2D eigenvalue weighted by molar-refractivity contribution is 7.98. The number of rotatable bonds is 6. The van der Waals surface area contributed by atoms with Crippen molar-refractivity contribution < 1.29 is 27.5 Å². The molecule has 1 aliphatic heterocycles. The summed E-state index contributed by atoms with van der Waals surface area (Å²) in [7, 11) is 0. The van der Waals surface area contributed by atoms with Gasteiger partial charge >= 0.3 is 12.1 Å². The van der Waals surface area contributed by atoms with Crippen LogP contribution in [0, 0.1) is 5.92 Å². The monoisotopic (exact) mass is 453 g/mol. The van der Waals surface area contributed by atoms with E-state index in [0.29, 0.717) is 37.4 Å². The van der Waals surface area contributed by atoms with Gasteiger partial charge in [0.1, 0.15) is 5.82 Å². The van der Waals surface area contributed by atoms with E-state index in [1.807, 2.05) is 29.4 Å². The maximum atomic E-state index is 12.7. The van der Waals surface area contributed by atoms with Gasteiger partial charge in [-0.25, -0.2) is 4.98 Å². The van der Waals surface area contributed by atoms with E-state index in [1.54, 1.807) is 17.8 Å². The number of carbonyl (C=O) groups is 2. The first-order valence-electron chi connectivity index (χ1n) is 9.65. The Hall–Kier alpha value is -2.75. The van der Waals surface area contributed by atoms with Crippen molar-refractivity contribution in [1.29, 1.82) is 0 Å². The normalized spacial score (nSPS) is 14.9. The Balaban J connectivity index is 1.44. The van der Waals surface area contributed by atoms with Gasteiger partial charge in [0.15, 0.2) is 6.61 Å². The molecule has 1 aromatic carbocycles. The first-order valence-corrected chi connectivity index (χ1v) is 10.9. The standard InChI is InChI=1S/C21H22F3N3O3S/c1-31-17-4-2-3-16(11-17)26-19(28)13-30-20(29)14-7-9-27(10-8-14)18-6-5-15(12-25-18)21(22,23)24/h2-6,11-12,14H,7-10,13H2,1H3,(H,26,28). The number of esters is 1. The molecule has 0 unspecified atom stereocenters. The number of benzene rings is 1. The Bertz CT molecular complexity index is 914. The van der Waals surface area contributed by atoms with Gasteiger partial charge in [-0.1, -0.05) is 6.07 Å². The summed E-state index contributed by atoms with van der Waals surface area (Å²) >= 11 is 1.55. The zero-order valence-corrected chi connectivity index (χ0v) is 17.6. The molecule has 3 rings (SSSR count). The molecule has 0 atom stereocenters. The zero-order valence-electron chi connectivity index (χ0n) is 16.8. The van der Waals surface area contributed by atoms with Gasteiger partial charge in [-0.3, -0.25) is 9.59 Å². The molecular weight excluding hydrogens is 431 g/mol. The van der Waals surface area contributed by atoms with E-state index >= 15 is 0 Å². The Kier molecular flexibility index (Phi) is 7.42. The van der Waals surface area contributed by atoms with E-state index in [4.69, 9.17) is 4.74 Å². The fraction of sp³-hybridized carbons (Fsp3) is 0.381. The number of pyridine rings is 1. The molecule has 10 heteroatoms. The van der Waals surface area contributed by atoms with Crippen LogP contribution in [0.3, 0.4) is 0 Å². The minimum Gasteiger partial charge on any atom is -0.455 e. The van der Waals surface area contributed by atoms with Crippen LogP contribution in [-0.4, -0.2) is 42.8 Å². The number of carbonyl (C=O) groups excluding carboxylic acids is 2. The summed E-state index contributed by atoms with van der Waals surface area (Å²) in [5.41, 5.74) is -0.168. The Labute approximate surface area is 182 Å². The van der Waals surface area contributed by atoms with Crippen LogP contribution in [-0.2, 0) is 20.5 Å². The van der Waals surface area contributed by atoms with Crippen molar-refractivity contribution in [3.63, 3.8) is 0 Å². The van der Waals surface area contributed by atoms with Crippen LogP contribution in [0.5, 0.6) is 0 Å². The highest BCUT2D eigenvalue weighted by Crippen LogP contribution is 2.30. The van der Waals surface area contributed by atoms with Crippen molar-refractivity contribution in [1.82, 2.24) is 4.98 Å². The fourth-order valence-electron chi connectivity index (χ4n) is 3.24. The predicted octanol–water partition coefficient (Wildman–Crippen LogP) is 4.22. The second kappa shape index (κ2) is 10.0. The number of alkyl halides is 3. The number of nitrogens with zero attached hydrogens (tertiary/aromatic N) is 2. The number of aromatic nitrogens is 1. The highest BCUT2D eigenvalue weighted by Gasteiger charge is 2.31. The summed E-state index contributed by atoms with van der Waals surface area (Å²) in [4.78, 5) is 31.0. The van der Waals surface area contributed by atoms with Crippen LogP contribution in [0.4, 0.5) is 24.7 Å². The Morgan fingerprint density at radius 3 is 2.58 bits per heavy atom. The molecule has 6 nitrogen and oxygen atoms in total. The topological polar surface area (TPSA) is 71.5 Å². The molecule has 0 spiro atoms. The summed E-state index contributed by atoms with van der Waals surface area (Å²) in [6, 6.07) is 9.66. The smallest absolute Gasteiger partial charge is 0.417 e. The van der Waals surface area contributed by atoms with Crippen LogP contribution in [0.1, 0.15) is 18.4 Å². The van der Waals surface area contributed by atoms with Crippen molar-refractivity contribution >= 4 is 35.1 Å². The van der Waals surface area contributed by atoms with Gasteiger partial charge in [-0.2, -0.15) is 13.2 Å². The maximum Gasteiger partial charge on any atom is 0.417 e. The number of anilines is 2. The molecule has 1 amide bonds. The molecule has 166 valence electrons. The van der Waals surface area contributed by atoms with Crippen molar-refractivity contribution in [2.75, 3.05) is 36.2 Å². The number of hydrogen-bond acceptors (Lipinski definition) is 6. The molecule has 2 aromatic rings. The van der Waals surface area contributed by atoms with Crippen molar-refractivity contribution in [3.8, 4) is 0 Å². The minimum atomic E-state index is -4.42. The minimum absolute atomic E-state index is 0.363. The van der Waals surface area contributed by atoms with Crippen LogP contribution in [0.15, 0.2) is 47.5 Å². The third-order valence-electron chi connectivity index (χ3n) is 4.93. The summed E-state index contributed by atoms with van der Waals surface area (Å²) in [6.07, 6.45) is -0.741. The molecule has 0 aliphatic carbocycles. The van der Waals surface area contributed by atoms with E-state index in [9.17, 15) is 22.8 Å². The van der Waals surface area contributed by atoms with E-state index in [-0.39, 0.29) is 12.5 Å².